The van der Waals surface area contributed by atoms with E-state index in [1.807, 2.05) is 29.3 Å². The van der Waals surface area contributed by atoms with Crippen LogP contribution in [0.2, 0.25) is 0 Å². The maximum atomic E-state index is 8.96. The van der Waals surface area contributed by atoms with Crippen LogP contribution in [0.1, 0.15) is 0 Å². The van der Waals surface area contributed by atoms with Crippen LogP contribution in [-0.2, 0) is 0 Å². The van der Waals surface area contributed by atoms with Gasteiger partial charge in [-0.3, -0.25) is 0 Å². The van der Waals surface area contributed by atoms with Gasteiger partial charge in [-0.05, 0) is 12.3 Å². The molecule has 0 fully saturated rings. The smallest absolute Gasteiger partial charge is 0.0800 e. The average Bonchev–Trinajstić information content (AvgIpc) is 2.19. The van der Waals surface area contributed by atoms with Crippen LogP contribution in [0.4, 0.5) is 0 Å². The molecule has 0 aliphatic carbocycles. The molecule has 0 unspecified atom stereocenters. The maximum absolute atomic E-state index is 8.96. The largest absolute Gasteiger partial charge is 0.394 e. The van der Waals surface area contributed by atoms with Gasteiger partial charge in [-0.15, -0.1) is 24.8 Å². The highest BCUT2D eigenvalue weighted by Crippen LogP contribution is 2.06. The first kappa shape index (κ1) is 17.1. The fourth-order valence-corrected chi connectivity index (χ4v) is 1.18. The van der Waals surface area contributed by atoms with Gasteiger partial charge in [-0.25, -0.2) is 0 Å². The van der Waals surface area contributed by atoms with Crippen molar-refractivity contribution in [1.29, 1.82) is 0 Å². The van der Waals surface area contributed by atoms with E-state index in [4.69, 9.17) is 15.9 Å². The van der Waals surface area contributed by atoms with Crippen LogP contribution in [0.5, 0.6) is 0 Å². The van der Waals surface area contributed by atoms with Gasteiger partial charge in [0.2, 0.25) is 0 Å². The zero-order valence-corrected chi connectivity index (χ0v) is 10.0. The van der Waals surface area contributed by atoms with Crippen molar-refractivity contribution >= 4 is 24.8 Å². The Morgan fingerprint density at radius 3 is 2.20 bits per heavy atom. The van der Waals surface area contributed by atoms with Crippen LogP contribution in [-0.4, -0.2) is 47.0 Å². The lowest BCUT2D eigenvalue weighted by Crippen LogP contribution is -2.55. The summed E-state index contributed by atoms with van der Waals surface area (Å²) < 4.78 is 0. The molecule has 0 radical (unpaired) electrons. The van der Waals surface area contributed by atoms with Crippen LogP contribution < -0.4 is 5.73 Å². The summed E-state index contributed by atoms with van der Waals surface area (Å²) in [6.45, 7) is 0.811. The fraction of sp³-hybridized carbons (Fsp3) is 0.556. The van der Waals surface area contributed by atoms with Gasteiger partial charge >= 0.3 is 0 Å². The number of aliphatic hydroxyl groups excluding tert-OH is 2. The Morgan fingerprint density at radius 1 is 1.20 bits per heavy atom. The second kappa shape index (κ2) is 7.96. The number of allylic oxidation sites excluding steroid dienone is 2. The predicted molar refractivity (Wildman–Crippen MR) is 65.4 cm³/mol. The highest BCUT2D eigenvalue weighted by atomic mass is 35.5. The minimum atomic E-state index is -0.907. The van der Waals surface area contributed by atoms with E-state index in [-0.39, 0.29) is 38.0 Å². The predicted octanol–water partition coefficient (Wildman–Crippen LogP) is -0.102. The number of rotatable bonds is 4. The zero-order chi connectivity index (χ0) is 9.73. The fourth-order valence-electron chi connectivity index (χ4n) is 1.18. The van der Waals surface area contributed by atoms with Crippen LogP contribution in [0.3, 0.4) is 0 Å². The molecule has 1 heterocycles. The average molecular weight is 257 g/mol. The maximum Gasteiger partial charge on any atom is 0.0800 e. The van der Waals surface area contributed by atoms with E-state index >= 15 is 0 Å². The van der Waals surface area contributed by atoms with Crippen molar-refractivity contribution in [2.45, 2.75) is 5.54 Å². The number of hydrogen-bond donors (Lipinski definition) is 3. The van der Waals surface area contributed by atoms with Gasteiger partial charge in [0.15, 0.2) is 0 Å². The lowest BCUT2D eigenvalue weighted by molar-refractivity contribution is 0.0993. The molecule has 0 saturated heterocycles. The molecule has 90 valence electrons. The summed E-state index contributed by atoms with van der Waals surface area (Å²) in [5.41, 5.74) is 4.82. The second-order valence-corrected chi connectivity index (χ2v) is 3.38. The topological polar surface area (TPSA) is 69.7 Å². The Kier molecular flexibility index (Phi) is 9.10. The van der Waals surface area contributed by atoms with E-state index in [0.717, 1.165) is 6.54 Å². The van der Waals surface area contributed by atoms with Gasteiger partial charge in [0.05, 0.1) is 18.8 Å². The zero-order valence-electron chi connectivity index (χ0n) is 8.37. The Hall–Kier alpha value is -0.260. The number of nitrogens with two attached hydrogens (primary N) is 1. The molecular formula is C9H18Cl2N2O2. The van der Waals surface area contributed by atoms with Crippen molar-refractivity contribution < 1.29 is 10.2 Å². The van der Waals surface area contributed by atoms with Gasteiger partial charge in [0.25, 0.3) is 0 Å². The Balaban J connectivity index is 0. The molecule has 1 aliphatic heterocycles. The monoisotopic (exact) mass is 256 g/mol. The quantitative estimate of drug-likeness (QED) is 0.657. The summed E-state index contributed by atoms with van der Waals surface area (Å²) in [6.07, 6.45) is 7.74. The third kappa shape index (κ3) is 5.39. The van der Waals surface area contributed by atoms with Crippen LogP contribution in [0.15, 0.2) is 24.4 Å². The molecule has 4 N–H and O–H groups in total. The molecule has 0 bridgehead atoms. The third-order valence-corrected chi connectivity index (χ3v) is 2.03. The van der Waals surface area contributed by atoms with Gasteiger partial charge < -0.3 is 20.8 Å². The molecule has 1 aliphatic rings. The second-order valence-electron chi connectivity index (χ2n) is 3.38. The molecule has 0 atom stereocenters. The molecule has 0 aromatic rings. The highest BCUT2D eigenvalue weighted by molar-refractivity contribution is 5.85. The molecule has 15 heavy (non-hydrogen) atoms. The minimum absolute atomic E-state index is 0. The lowest BCUT2D eigenvalue weighted by atomic mass is 10.0. The first-order valence-electron chi connectivity index (χ1n) is 4.28. The van der Waals surface area contributed by atoms with E-state index < -0.39 is 5.54 Å². The summed E-state index contributed by atoms with van der Waals surface area (Å²) >= 11 is 0. The molecule has 0 aromatic carbocycles. The summed E-state index contributed by atoms with van der Waals surface area (Å²) in [7, 11) is 0. The Morgan fingerprint density at radius 2 is 1.80 bits per heavy atom. The molecule has 0 aromatic heterocycles. The van der Waals surface area contributed by atoms with Crippen LogP contribution >= 0.6 is 24.8 Å². The standard InChI is InChI=1S/C9H16N2O2.2ClH/c10-9(7-12,8-13)6-11-4-2-1-3-5-11;;/h1-4,12-13H,5-8,10H2;2*1H. The normalized spacial score (nSPS) is 14.5. The van der Waals surface area contributed by atoms with Gasteiger partial charge in [-0.2, -0.15) is 0 Å². The summed E-state index contributed by atoms with van der Waals surface area (Å²) in [5.74, 6) is 0. The molecule has 0 amide bonds. The first-order chi connectivity index (χ1) is 6.20. The molecule has 1 rings (SSSR count). The first-order valence-corrected chi connectivity index (χ1v) is 4.28. The van der Waals surface area contributed by atoms with Crippen LogP contribution in [0.25, 0.3) is 0 Å². The summed E-state index contributed by atoms with van der Waals surface area (Å²) in [5, 5.41) is 17.9. The van der Waals surface area contributed by atoms with Crippen molar-refractivity contribution in [3.63, 3.8) is 0 Å². The molecule has 0 spiro atoms. The number of nitrogens with zero attached hydrogens (tertiary/aromatic N) is 1. The third-order valence-electron chi connectivity index (χ3n) is 2.03. The number of halogens is 2. The van der Waals surface area contributed by atoms with Crippen molar-refractivity contribution in [3.8, 4) is 0 Å². The van der Waals surface area contributed by atoms with Crippen molar-refractivity contribution in [3.05, 3.63) is 24.4 Å². The van der Waals surface area contributed by atoms with Crippen molar-refractivity contribution in [2.24, 2.45) is 5.73 Å². The van der Waals surface area contributed by atoms with E-state index in [0.29, 0.717) is 6.54 Å². The number of aliphatic hydroxyl groups is 2. The van der Waals surface area contributed by atoms with Gasteiger partial charge in [0.1, 0.15) is 0 Å². The SMILES string of the molecule is Cl.Cl.NC(CO)(CO)CN1C=CC=CC1. The minimum Gasteiger partial charge on any atom is -0.394 e. The van der Waals surface area contributed by atoms with Crippen LogP contribution in [0, 0.1) is 0 Å². The molecular weight excluding hydrogens is 239 g/mol. The number of hydrogen-bond acceptors (Lipinski definition) is 4. The molecule has 4 nitrogen and oxygen atoms in total. The van der Waals surface area contributed by atoms with E-state index in [1.54, 1.807) is 0 Å². The molecule has 6 heteroatoms. The summed E-state index contributed by atoms with van der Waals surface area (Å²) in [6, 6.07) is 0. The van der Waals surface area contributed by atoms with Crippen molar-refractivity contribution in [1.82, 2.24) is 4.90 Å². The highest BCUT2D eigenvalue weighted by Gasteiger charge is 2.25. The van der Waals surface area contributed by atoms with Crippen molar-refractivity contribution in [2.75, 3.05) is 26.3 Å². The van der Waals surface area contributed by atoms with Gasteiger partial charge in [-0.1, -0.05) is 12.2 Å². The Bertz CT molecular complexity index is 218. The Labute approximate surface area is 102 Å². The van der Waals surface area contributed by atoms with Gasteiger partial charge in [0, 0.05) is 13.1 Å². The van der Waals surface area contributed by atoms with E-state index in [2.05, 4.69) is 0 Å². The van der Waals surface area contributed by atoms with E-state index in [9.17, 15) is 0 Å². The summed E-state index contributed by atoms with van der Waals surface area (Å²) in [4.78, 5) is 1.95. The van der Waals surface area contributed by atoms with E-state index in [1.165, 1.54) is 0 Å². The molecule has 0 saturated carbocycles. The lowest BCUT2D eigenvalue weighted by Gasteiger charge is -2.32.